The number of halogens is 1. The van der Waals surface area contributed by atoms with Gasteiger partial charge in [0.05, 0.1) is 18.4 Å². The second-order valence-electron chi connectivity index (χ2n) is 4.82. The van der Waals surface area contributed by atoms with Crippen molar-refractivity contribution in [3.8, 4) is 0 Å². The molecule has 3 aromatic rings. The number of rotatable bonds is 6. The number of aromatic nitrogens is 4. The number of anilines is 2. The van der Waals surface area contributed by atoms with E-state index in [0.29, 0.717) is 24.9 Å². The molecule has 0 bridgehead atoms. The smallest absolute Gasteiger partial charge is 0.245 e. The fraction of sp³-hybridized carbons (Fsp3) is 0.125. The Morgan fingerprint density at radius 3 is 2.61 bits per heavy atom. The van der Waals surface area contributed by atoms with E-state index in [-0.39, 0.29) is 5.82 Å². The molecule has 2 aromatic heterocycles. The molecule has 23 heavy (non-hydrogen) atoms. The van der Waals surface area contributed by atoms with Gasteiger partial charge in [0.2, 0.25) is 5.95 Å². The van der Waals surface area contributed by atoms with E-state index in [1.165, 1.54) is 18.3 Å². The summed E-state index contributed by atoms with van der Waals surface area (Å²) in [6.45, 7) is 1.04. The molecule has 1 aromatic carbocycles. The first-order chi connectivity index (χ1) is 11.3. The molecule has 0 aliphatic carbocycles. The topological polar surface area (TPSA) is 75.6 Å². The standard InChI is InChI=1S/C16H15FN6/c17-13-6-4-12(5-7-13)9-19-15-11-21-23-16(22-15)20-10-14-3-1-2-8-18-14/h1-8,11H,9-10H2,(H2,19,20,22,23). The van der Waals surface area contributed by atoms with E-state index in [4.69, 9.17) is 0 Å². The van der Waals surface area contributed by atoms with Crippen LogP contribution >= 0.6 is 0 Å². The monoisotopic (exact) mass is 310 g/mol. The molecular formula is C16H15FN6. The van der Waals surface area contributed by atoms with Gasteiger partial charge in [-0.25, -0.2) is 4.39 Å². The summed E-state index contributed by atoms with van der Waals surface area (Å²) in [5, 5.41) is 14.0. The Morgan fingerprint density at radius 1 is 0.957 bits per heavy atom. The maximum atomic E-state index is 12.9. The molecule has 0 amide bonds. The van der Waals surface area contributed by atoms with Gasteiger partial charge in [0.1, 0.15) is 5.82 Å². The molecule has 0 aliphatic rings. The Balaban J connectivity index is 1.57. The molecule has 0 saturated heterocycles. The van der Waals surface area contributed by atoms with Crippen LogP contribution in [0.25, 0.3) is 0 Å². The lowest BCUT2D eigenvalue weighted by molar-refractivity contribution is 0.627. The van der Waals surface area contributed by atoms with E-state index in [1.807, 2.05) is 18.2 Å². The van der Waals surface area contributed by atoms with Crippen molar-refractivity contribution in [3.63, 3.8) is 0 Å². The summed E-state index contributed by atoms with van der Waals surface area (Å²) in [5.74, 6) is 0.756. The molecule has 0 unspecified atom stereocenters. The van der Waals surface area contributed by atoms with E-state index in [9.17, 15) is 4.39 Å². The fourth-order valence-electron chi connectivity index (χ4n) is 1.93. The Morgan fingerprint density at radius 2 is 1.83 bits per heavy atom. The second-order valence-corrected chi connectivity index (χ2v) is 4.82. The second kappa shape index (κ2) is 7.26. The van der Waals surface area contributed by atoms with Crippen molar-refractivity contribution in [3.05, 3.63) is 71.9 Å². The number of hydrogen-bond acceptors (Lipinski definition) is 6. The van der Waals surface area contributed by atoms with Crippen LogP contribution in [0.5, 0.6) is 0 Å². The molecular weight excluding hydrogens is 295 g/mol. The number of nitrogens with zero attached hydrogens (tertiary/aromatic N) is 4. The van der Waals surface area contributed by atoms with E-state index >= 15 is 0 Å². The highest BCUT2D eigenvalue weighted by Crippen LogP contribution is 2.08. The van der Waals surface area contributed by atoms with Crippen LogP contribution in [0.3, 0.4) is 0 Å². The summed E-state index contributed by atoms with van der Waals surface area (Å²) >= 11 is 0. The zero-order valence-corrected chi connectivity index (χ0v) is 12.3. The SMILES string of the molecule is Fc1ccc(CNc2cnnc(NCc3ccccn3)n2)cc1. The number of pyridine rings is 1. The van der Waals surface area contributed by atoms with E-state index in [1.54, 1.807) is 18.3 Å². The van der Waals surface area contributed by atoms with E-state index in [0.717, 1.165) is 11.3 Å². The molecule has 7 heteroatoms. The predicted molar refractivity (Wildman–Crippen MR) is 85.1 cm³/mol. The maximum Gasteiger partial charge on any atom is 0.245 e. The van der Waals surface area contributed by atoms with Gasteiger partial charge in [0, 0.05) is 12.7 Å². The molecule has 116 valence electrons. The van der Waals surface area contributed by atoms with Gasteiger partial charge in [-0.1, -0.05) is 18.2 Å². The lowest BCUT2D eigenvalue weighted by Crippen LogP contribution is -2.08. The predicted octanol–water partition coefficient (Wildman–Crippen LogP) is 2.63. The van der Waals surface area contributed by atoms with Crippen LogP contribution in [0.4, 0.5) is 16.2 Å². The molecule has 6 nitrogen and oxygen atoms in total. The molecule has 0 radical (unpaired) electrons. The lowest BCUT2D eigenvalue weighted by Gasteiger charge is -2.07. The molecule has 0 fully saturated rings. The summed E-state index contributed by atoms with van der Waals surface area (Å²) in [6.07, 6.45) is 3.27. The Hall–Kier alpha value is -3.09. The summed E-state index contributed by atoms with van der Waals surface area (Å²) in [4.78, 5) is 8.54. The first kappa shape index (κ1) is 14.8. The molecule has 0 atom stereocenters. The van der Waals surface area contributed by atoms with Crippen LogP contribution in [-0.4, -0.2) is 20.2 Å². The number of nitrogens with one attached hydrogen (secondary N) is 2. The quantitative estimate of drug-likeness (QED) is 0.729. The van der Waals surface area contributed by atoms with Crippen LogP contribution in [0.1, 0.15) is 11.3 Å². The highest BCUT2D eigenvalue weighted by atomic mass is 19.1. The lowest BCUT2D eigenvalue weighted by atomic mass is 10.2. The minimum atomic E-state index is -0.251. The van der Waals surface area contributed by atoms with Crippen molar-refractivity contribution in [1.82, 2.24) is 20.2 Å². The third-order valence-corrected chi connectivity index (χ3v) is 3.10. The highest BCUT2D eigenvalue weighted by Gasteiger charge is 2.01. The summed E-state index contributed by atoms with van der Waals surface area (Å²) in [6, 6.07) is 12.0. The maximum absolute atomic E-state index is 12.9. The van der Waals surface area contributed by atoms with Crippen LogP contribution in [0.15, 0.2) is 54.9 Å². The van der Waals surface area contributed by atoms with Gasteiger partial charge in [-0.15, -0.1) is 5.10 Å². The van der Waals surface area contributed by atoms with Crippen molar-refractivity contribution < 1.29 is 4.39 Å². The fourth-order valence-corrected chi connectivity index (χ4v) is 1.93. The Bertz CT molecular complexity index is 748. The Labute approximate surface area is 132 Å². The summed E-state index contributed by atoms with van der Waals surface area (Å²) < 4.78 is 12.9. The minimum Gasteiger partial charge on any atom is -0.365 e. The third kappa shape index (κ3) is 4.44. The molecule has 3 rings (SSSR count). The summed E-state index contributed by atoms with van der Waals surface area (Å²) in [5.41, 5.74) is 1.84. The van der Waals surface area contributed by atoms with Gasteiger partial charge in [0.25, 0.3) is 0 Å². The van der Waals surface area contributed by atoms with Gasteiger partial charge in [0.15, 0.2) is 5.82 Å². The number of hydrogen-bond donors (Lipinski definition) is 2. The van der Waals surface area contributed by atoms with E-state index in [2.05, 4.69) is 30.8 Å². The van der Waals surface area contributed by atoms with E-state index < -0.39 is 0 Å². The highest BCUT2D eigenvalue weighted by molar-refractivity contribution is 5.38. The normalized spacial score (nSPS) is 10.3. The van der Waals surface area contributed by atoms with Crippen molar-refractivity contribution in [2.75, 3.05) is 10.6 Å². The van der Waals surface area contributed by atoms with Crippen LogP contribution < -0.4 is 10.6 Å². The van der Waals surface area contributed by atoms with Crippen molar-refractivity contribution in [2.45, 2.75) is 13.1 Å². The Kier molecular flexibility index (Phi) is 4.68. The zero-order valence-electron chi connectivity index (χ0n) is 12.3. The molecule has 2 N–H and O–H groups in total. The van der Waals surface area contributed by atoms with Gasteiger partial charge in [-0.2, -0.15) is 10.1 Å². The first-order valence-corrected chi connectivity index (χ1v) is 7.11. The molecule has 0 spiro atoms. The van der Waals surface area contributed by atoms with Gasteiger partial charge >= 0.3 is 0 Å². The molecule has 0 saturated carbocycles. The summed E-state index contributed by atoms with van der Waals surface area (Å²) in [7, 11) is 0. The zero-order chi connectivity index (χ0) is 15.9. The number of benzene rings is 1. The van der Waals surface area contributed by atoms with Crippen LogP contribution in [0, 0.1) is 5.82 Å². The van der Waals surface area contributed by atoms with Gasteiger partial charge in [-0.3, -0.25) is 4.98 Å². The average Bonchev–Trinajstić information content (AvgIpc) is 2.61. The van der Waals surface area contributed by atoms with Crippen molar-refractivity contribution in [2.24, 2.45) is 0 Å². The molecule has 2 heterocycles. The van der Waals surface area contributed by atoms with Crippen molar-refractivity contribution >= 4 is 11.8 Å². The van der Waals surface area contributed by atoms with Crippen LogP contribution in [0.2, 0.25) is 0 Å². The minimum absolute atomic E-state index is 0.251. The average molecular weight is 310 g/mol. The van der Waals surface area contributed by atoms with Gasteiger partial charge in [-0.05, 0) is 29.8 Å². The first-order valence-electron chi connectivity index (χ1n) is 7.11. The largest absolute Gasteiger partial charge is 0.365 e. The van der Waals surface area contributed by atoms with Gasteiger partial charge < -0.3 is 10.6 Å². The molecule has 0 aliphatic heterocycles. The van der Waals surface area contributed by atoms with Crippen molar-refractivity contribution in [1.29, 1.82) is 0 Å². The van der Waals surface area contributed by atoms with Crippen LogP contribution in [-0.2, 0) is 13.1 Å². The third-order valence-electron chi connectivity index (χ3n) is 3.10.